The Hall–Kier alpha value is 0.494. The molecular weight excluding hydrogens is 1000 g/mol. The monoisotopic (exact) mass is 1060 g/mol. The van der Waals surface area contributed by atoms with E-state index in [4.69, 9.17) is 28.4 Å². The van der Waals surface area contributed by atoms with Crippen molar-refractivity contribution in [2.24, 2.45) is 22.7 Å². The van der Waals surface area contributed by atoms with E-state index in [9.17, 15) is 19.2 Å². The minimum atomic E-state index is -0.845. The van der Waals surface area contributed by atoms with Crippen molar-refractivity contribution in [2.75, 3.05) is 80.9 Å². The van der Waals surface area contributed by atoms with Gasteiger partial charge in [-0.3, -0.25) is 19.2 Å². The van der Waals surface area contributed by atoms with Crippen molar-refractivity contribution in [1.82, 2.24) is 9.80 Å². The summed E-state index contributed by atoms with van der Waals surface area (Å²) in [7, 11) is 7.60. The molecule has 284 valence electrons. The quantitative estimate of drug-likeness (QED) is 0.0692. The van der Waals surface area contributed by atoms with Gasteiger partial charge in [-0.25, -0.2) is 0 Å². The standard InChI is InChI=1S/C32H60N2O10.3HI.V/c1-13-26(28(36)42-20-25(4)44-22-32(7,8)30(38)40-17-15-34(11)12)18-23(2)27(35)41-19-24(3)43-21-31(5,6)29(37)39-16-14-33(9)10;;;;/h23-26H,13-22H2,1-12H3;3*1H;/q;;;;+3/p-3. The van der Waals surface area contributed by atoms with Crippen molar-refractivity contribution < 1.29 is 52.5 Å². The summed E-state index contributed by atoms with van der Waals surface area (Å²) in [5, 5.41) is 0. The van der Waals surface area contributed by atoms with Crippen LogP contribution in [0.1, 0.15) is 68.2 Å². The molecule has 0 aromatic rings. The third kappa shape index (κ3) is 26.3. The molecule has 0 saturated carbocycles. The summed E-state index contributed by atoms with van der Waals surface area (Å²) >= 11 is 7.39. The molecule has 0 spiro atoms. The zero-order chi connectivity index (χ0) is 37.7. The number of halogens is 3. The SMILES string of the molecule is CCC(CC(C)C(=O)OCC(C)OCC(C)(C)C(=O)OCCN(C)C)C(=O)OCC(C)OCC(C)(C)C(=O)OCCN(C)C.[I][V]([I])[I]. The van der Waals surface area contributed by atoms with E-state index < -0.39 is 46.8 Å². The second kappa shape index (κ2) is 27.2. The number of rotatable bonds is 23. The third-order valence-electron chi connectivity index (χ3n) is 6.89. The molecule has 12 nitrogen and oxygen atoms in total. The summed E-state index contributed by atoms with van der Waals surface area (Å²) in [5.41, 5.74) is -1.69. The molecule has 4 unspecified atom stereocenters. The number of nitrogens with zero attached hydrogens (tertiary/aromatic N) is 2. The first-order valence-electron chi connectivity index (χ1n) is 16.0. The molecule has 48 heavy (non-hydrogen) atoms. The minimum absolute atomic E-state index is 0.0184. The first kappa shape index (κ1) is 50.6. The van der Waals surface area contributed by atoms with E-state index in [0.29, 0.717) is 32.7 Å². The topological polar surface area (TPSA) is 130 Å². The van der Waals surface area contributed by atoms with Gasteiger partial charge < -0.3 is 38.2 Å². The van der Waals surface area contributed by atoms with Crippen molar-refractivity contribution >= 4 is 83.8 Å². The molecule has 0 aliphatic heterocycles. The van der Waals surface area contributed by atoms with E-state index in [1.807, 2.05) is 44.9 Å². The molecule has 0 aliphatic rings. The van der Waals surface area contributed by atoms with Gasteiger partial charge in [0.2, 0.25) is 0 Å². The summed E-state index contributed by atoms with van der Waals surface area (Å²) in [6, 6.07) is 0. The van der Waals surface area contributed by atoms with Crippen molar-refractivity contribution in [3.05, 3.63) is 0 Å². The number of hydrogen-bond donors (Lipinski definition) is 0. The Bertz CT molecular complexity index is 939. The van der Waals surface area contributed by atoms with Gasteiger partial charge in [-0.05, 0) is 82.6 Å². The van der Waals surface area contributed by atoms with Crippen LogP contribution < -0.4 is 0 Å². The van der Waals surface area contributed by atoms with E-state index >= 15 is 0 Å². The fourth-order valence-electron chi connectivity index (χ4n) is 3.56. The van der Waals surface area contributed by atoms with E-state index in [1.54, 1.807) is 48.5 Å². The van der Waals surface area contributed by atoms with Gasteiger partial charge in [-0.2, -0.15) is 0 Å². The molecular formula is C32H60I3N2O10V. The second-order valence-electron chi connectivity index (χ2n) is 13.6. The molecule has 0 bridgehead atoms. The normalized spacial score (nSPS) is 14.5. The molecule has 0 aromatic carbocycles. The predicted molar refractivity (Wildman–Crippen MR) is 209 cm³/mol. The van der Waals surface area contributed by atoms with E-state index in [2.05, 4.69) is 59.9 Å². The van der Waals surface area contributed by atoms with Gasteiger partial charge in [0.05, 0.1) is 48.1 Å². The van der Waals surface area contributed by atoms with Crippen molar-refractivity contribution in [3.8, 4) is 0 Å². The van der Waals surface area contributed by atoms with Crippen LogP contribution in [-0.2, 0) is 52.5 Å². The summed E-state index contributed by atoms with van der Waals surface area (Å²) < 4.78 is 33.1. The van der Waals surface area contributed by atoms with E-state index in [0.717, 1.165) is 0 Å². The van der Waals surface area contributed by atoms with Gasteiger partial charge in [0.15, 0.2) is 0 Å². The van der Waals surface area contributed by atoms with Crippen LogP contribution in [-0.4, -0.2) is 127 Å². The molecule has 0 aromatic heterocycles. The number of esters is 4. The maximum absolute atomic E-state index is 12.8. The van der Waals surface area contributed by atoms with Crippen LogP contribution in [0.15, 0.2) is 0 Å². The molecule has 16 heteroatoms. The number of carbonyl (C=O) groups is 4. The molecule has 4 atom stereocenters. The van der Waals surface area contributed by atoms with Gasteiger partial charge in [0.25, 0.3) is 0 Å². The van der Waals surface area contributed by atoms with Crippen LogP contribution in [0, 0.1) is 22.7 Å². The molecule has 0 amide bonds. The van der Waals surface area contributed by atoms with Crippen LogP contribution in [0.3, 0.4) is 0 Å². The van der Waals surface area contributed by atoms with Crippen LogP contribution >= 0.6 is 59.9 Å². The summed E-state index contributed by atoms with van der Waals surface area (Å²) in [6.45, 7) is 16.2. The number of hydrogen-bond acceptors (Lipinski definition) is 12. The van der Waals surface area contributed by atoms with Crippen molar-refractivity contribution in [2.45, 2.75) is 80.4 Å². The molecule has 0 heterocycles. The average Bonchev–Trinajstić information content (AvgIpc) is 2.98. The number of ether oxygens (including phenoxy) is 6. The third-order valence-corrected chi connectivity index (χ3v) is 6.89. The Labute approximate surface area is 327 Å². The van der Waals surface area contributed by atoms with E-state index in [-0.39, 0.29) is 49.7 Å². The Kier molecular flexibility index (Phi) is 28.6. The fraction of sp³-hybridized carbons (Fsp3) is 0.875. The molecule has 0 aliphatic carbocycles. The molecule has 0 N–H and O–H groups in total. The Balaban J connectivity index is 0. The molecule has 0 saturated heterocycles. The Morgan fingerprint density at radius 1 is 0.667 bits per heavy atom. The van der Waals surface area contributed by atoms with Crippen LogP contribution in [0.25, 0.3) is 0 Å². The van der Waals surface area contributed by atoms with Crippen LogP contribution in [0.5, 0.6) is 0 Å². The summed E-state index contributed by atoms with van der Waals surface area (Å²) in [4.78, 5) is 53.7. The maximum atomic E-state index is 12.8. The van der Waals surface area contributed by atoms with Crippen LogP contribution in [0.2, 0.25) is 0 Å². The summed E-state index contributed by atoms with van der Waals surface area (Å²) in [6.07, 6.45) is -0.0927. The Morgan fingerprint density at radius 2 is 1.02 bits per heavy atom. The van der Waals surface area contributed by atoms with Gasteiger partial charge in [0.1, 0.15) is 26.4 Å². The number of likely N-dealkylation sites (N-methyl/N-ethyl adjacent to an activating group) is 2. The first-order chi connectivity index (χ1) is 22.0. The summed E-state index contributed by atoms with van der Waals surface area (Å²) in [5.74, 6) is -2.57. The fourth-order valence-corrected chi connectivity index (χ4v) is 3.56. The van der Waals surface area contributed by atoms with Gasteiger partial charge in [-0.15, -0.1) is 0 Å². The molecule has 0 radical (unpaired) electrons. The zero-order valence-electron chi connectivity index (χ0n) is 30.9. The first-order valence-corrected chi connectivity index (χ1v) is 29.5. The van der Waals surface area contributed by atoms with E-state index in [1.165, 1.54) is 0 Å². The average molecular weight is 1060 g/mol. The molecule has 0 fully saturated rings. The van der Waals surface area contributed by atoms with Crippen molar-refractivity contribution in [1.29, 1.82) is 0 Å². The van der Waals surface area contributed by atoms with Crippen LogP contribution in [0.4, 0.5) is 0 Å². The van der Waals surface area contributed by atoms with Gasteiger partial charge in [0, 0.05) is 13.1 Å². The number of carbonyl (C=O) groups excluding carboxylic acids is 4. The van der Waals surface area contributed by atoms with Crippen molar-refractivity contribution in [3.63, 3.8) is 0 Å². The Morgan fingerprint density at radius 3 is 1.35 bits per heavy atom. The second-order valence-corrected chi connectivity index (χ2v) is 49.0. The van der Waals surface area contributed by atoms with Gasteiger partial charge in [-0.1, -0.05) is 13.8 Å². The molecule has 0 rings (SSSR count). The predicted octanol–water partition coefficient (Wildman–Crippen LogP) is 5.85. The zero-order valence-corrected chi connectivity index (χ0v) is 38.8. The van der Waals surface area contributed by atoms with Gasteiger partial charge >= 0.3 is 88.7 Å².